The molecule has 0 amide bonds. The molecule has 0 aliphatic rings. The highest BCUT2D eigenvalue weighted by Crippen LogP contribution is 2.30. The number of carbonyl (C=O) groups is 1. The Bertz CT molecular complexity index is 386. The lowest BCUT2D eigenvalue weighted by atomic mass is 10.2. The summed E-state index contributed by atoms with van der Waals surface area (Å²) in [6.45, 7) is 0. The smallest absolute Gasteiger partial charge is 0.276 e. The van der Waals surface area contributed by atoms with E-state index in [0.717, 1.165) is 6.07 Å². The van der Waals surface area contributed by atoms with Crippen LogP contribution < -0.4 is 0 Å². The summed E-state index contributed by atoms with van der Waals surface area (Å²) in [6.07, 6.45) is -2.74. The Hall–Kier alpha value is -0.0700. The molecule has 7 heteroatoms. The molecule has 0 unspecified atom stereocenters. The van der Waals surface area contributed by atoms with E-state index >= 15 is 0 Å². The van der Waals surface area contributed by atoms with E-state index < -0.39 is 17.4 Å². The molecule has 2 nitrogen and oxygen atoms in total. The molecular weight excluding hydrogens is 347 g/mol. The molecule has 1 aromatic heterocycles. The first-order chi connectivity index (χ1) is 6.43. The molecule has 0 aliphatic carbocycles. The highest BCUT2D eigenvalue weighted by molar-refractivity contribution is 9.13. The van der Waals surface area contributed by atoms with Crippen molar-refractivity contribution >= 4 is 48.7 Å². The van der Waals surface area contributed by atoms with Crippen molar-refractivity contribution in [1.82, 2.24) is 4.98 Å². The van der Waals surface area contributed by atoms with Crippen LogP contribution >= 0.6 is 43.5 Å². The highest BCUT2D eigenvalue weighted by atomic mass is 79.9. The molecule has 76 valence electrons. The minimum Gasteiger partial charge on any atom is -0.276 e. The number of aromatic nitrogens is 1. The first-order valence-corrected chi connectivity index (χ1v) is 5.23. The van der Waals surface area contributed by atoms with Crippen LogP contribution in [0.25, 0.3) is 0 Å². The fraction of sp³-hybridized carbons (Fsp3) is 0.143. The van der Waals surface area contributed by atoms with Gasteiger partial charge in [0.1, 0.15) is 10.3 Å². The summed E-state index contributed by atoms with van der Waals surface area (Å²) >= 11 is 11.1. The maximum Gasteiger partial charge on any atom is 0.280 e. The van der Waals surface area contributed by atoms with Gasteiger partial charge in [0, 0.05) is 0 Å². The molecule has 0 aliphatic heterocycles. The quantitative estimate of drug-likeness (QED) is 0.598. The Balaban J connectivity index is 3.35. The van der Waals surface area contributed by atoms with Crippen molar-refractivity contribution in [2.45, 2.75) is 6.43 Å². The molecule has 0 radical (unpaired) electrons. The Morgan fingerprint density at radius 3 is 2.50 bits per heavy atom. The van der Waals surface area contributed by atoms with Crippen LogP contribution in [-0.4, -0.2) is 10.2 Å². The Kier molecular flexibility index (Phi) is 3.97. The zero-order valence-electron chi connectivity index (χ0n) is 6.40. The van der Waals surface area contributed by atoms with Crippen molar-refractivity contribution in [2.24, 2.45) is 0 Å². The number of pyridine rings is 1. The SMILES string of the molecule is O=C(Cl)c1cc(C(F)F)nc(Br)c1Br. The average molecular weight is 349 g/mol. The van der Waals surface area contributed by atoms with Crippen LogP contribution in [0.15, 0.2) is 15.1 Å². The minimum absolute atomic E-state index is 0.0381. The van der Waals surface area contributed by atoms with Gasteiger partial charge in [-0.1, -0.05) is 0 Å². The van der Waals surface area contributed by atoms with Gasteiger partial charge in [0.25, 0.3) is 11.7 Å². The van der Waals surface area contributed by atoms with E-state index in [0.29, 0.717) is 0 Å². The molecule has 1 rings (SSSR count). The third-order valence-electron chi connectivity index (χ3n) is 1.37. The third-order valence-corrected chi connectivity index (χ3v) is 3.48. The second-order valence-electron chi connectivity index (χ2n) is 2.27. The molecule has 0 saturated heterocycles. The monoisotopic (exact) mass is 347 g/mol. The number of hydrogen-bond acceptors (Lipinski definition) is 2. The maximum absolute atomic E-state index is 12.3. The fourth-order valence-corrected chi connectivity index (χ4v) is 1.84. The fourth-order valence-electron chi connectivity index (χ4n) is 0.772. The summed E-state index contributed by atoms with van der Waals surface area (Å²) < 4.78 is 24.9. The van der Waals surface area contributed by atoms with Crippen molar-refractivity contribution in [2.75, 3.05) is 0 Å². The van der Waals surface area contributed by atoms with Gasteiger partial charge in [0.05, 0.1) is 10.0 Å². The number of nitrogens with zero attached hydrogens (tertiary/aromatic N) is 1. The van der Waals surface area contributed by atoms with E-state index in [9.17, 15) is 13.6 Å². The zero-order chi connectivity index (χ0) is 10.9. The predicted octanol–water partition coefficient (Wildman–Crippen LogP) is 3.92. The lowest BCUT2D eigenvalue weighted by Crippen LogP contribution is -1.99. The van der Waals surface area contributed by atoms with Gasteiger partial charge in [-0.3, -0.25) is 4.79 Å². The van der Waals surface area contributed by atoms with Crippen molar-refractivity contribution < 1.29 is 13.6 Å². The summed E-state index contributed by atoms with van der Waals surface area (Å²) in [6, 6.07) is 0.953. The Morgan fingerprint density at radius 2 is 2.07 bits per heavy atom. The van der Waals surface area contributed by atoms with Crippen molar-refractivity contribution in [1.29, 1.82) is 0 Å². The Morgan fingerprint density at radius 1 is 1.50 bits per heavy atom. The van der Waals surface area contributed by atoms with Crippen molar-refractivity contribution in [3.8, 4) is 0 Å². The van der Waals surface area contributed by atoms with Crippen LogP contribution in [0, 0.1) is 0 Å². The van der Waals surface area contributed by atoms with Crippen LogP contribution in [0.2, 0.25) is 0 Å². The van der Waals surface area contributed by atoms with Gasteiger partial charge in [0.15, 0.2) is 0 Å². The summed E-state index contributed by atoms with van der Waals surface area (Å²) in [5.41, 5.74) is -0.534. The summed E-state index contributed by atoms with van der Waals surface area (Å²) in [5, 5.41) is -0.818. The second-order valence-corrected chi connectivity index (χ2v) is 4.16. The van der Waals surface area contributed by atoms with E-state index in [1.165, 1.54) is 0 Å². The summed E-state index contributed by atoms with van der Waals surface area (Å²) in [7, 11) is 0. The first kappa shape index (κ1) is 12.0. The van der Waals surface area contributed by atoms with Gasteiger partial charge >= 0.3 is 0 Å². The van der Waals surface area contributed by atoms with Gasteiger partial charge in [0.2, 0.25) is 0 Å². The molecule has 1 heterocycles. The van der Waals surface area contributed by atoms with E-state index in [1.54, 1.807) is 0 Å². The standard InChI is InChI=1S/C7H2Br2ClF2NO/c8-4-2(6(10)14)1-3(7(11)12)13-5(4)9/h1,7H. The topological polar surface area (TPSA) is 30.0 Å². The third kappa shape index (κ3) is 2.49. The van der Waals surface area contributed by atoms with Gasteiger partial charge in [-0.05, 0) is 49.5 Å². The Labute approximate surface area is 99.9 Å². The number of rotatable bonds is 2. The molecule has 0 N–H and O–H groups in total. The summed E-state index contributed by atoms with van der Waals surface area (Å²) in [5.74, 6) is 0. The van der Waals surface area contributed by atoms with Crippen molar-refractivity contribution in [3.63, 3.8) is 0 Å². The minimum atomic E-state index is -2.74. The molecule has 0 atom stereocenters. The van der Waals surface area contributed by atoms with Gasteiger partial charge in [-0.2, -0.15) is 0 Å². The zero-order valence-corrected chi connectivity index (χ0v) is 10.3. The van der Waals surface area contributed by atoms with Crippen LogP contribution in [0.5, 0.6) is 0 Å². The van der Waals surface area contributed by atoms with Crippen molar-refractivity contribution in [3.05, 3.63) is 26.4 Å². The molecule has 0 fully saturated rings. The van der Waals surface area contributed by atoms with Gasteiger partial charge < -0.3 is 0 Å². The first-order valence-electron chi connectivity index (χ1n) is 3.27. The number of hydrogen-bond donors (Lipinski definition) is 0. The molecule has 1 aromatic rings. The highest BCUT2D eigenvalue weighted by Gasteiger charge is 2.17. The molecule has 0 aromatic carbocycles. The largest absolute Gasteiger partial charge is 0.280 e. The number of halogens is 5. The van der Waals surface area contributed by atoms with Gasteiger partial charge in [-0.15, -0.1) is 0 Å². The van der Waals surface area contributed by atoms with Crippen LogP contribution in [0.1, 0.15) is 22.5 Å². The summed E-state index contributed by atoms with van der Waals surface area (Å²) in [4.78, 5) is 14.4. The molecule has 14 heavy (non-hydrogen) atoms. The predicted molar refractivity (Wildman–Crippen MR) is 54.8 cm³/mol. The normalized spacial score (nSPS) is 10.7. The van der Waals surface area contributed by atoms with Gasteiger partial charge in [-0.25, -0.2) is 13.8 Å². The maximum atomic E-state index is 12.3. The molecule has 0 bridgehead atoms. The molecule has 0 saturated carbocycles. The van der Waals surface area contributed by atoms with Crippen LogP contribution in [-0.2, 0) is 0 Å². The number of alkyl halides is 2. The average Bonchev–Trinajstić information content (AvgIpc) is 2.08. The lowest BCUT2D eigenvalue weighted by molar-refractivity contribution is 0.107. The van der Waals surface area contributed by atoms with Crippen LogP contribution in [0.3, 0.4) is 0 Å². The van der Waals surface area contributed by atoms with E-state index in [2.05, 4.69) is 36.8 Å². The lowest BCUT2D eigenvalue weighted by Gasteiger charge is -2.04. The van der Waals surface area contributed by atoms with E-state index in [1.807, 2.05) is 0 Å². The van der Waals surface area contributed by atoms with E-state index in [-0.39, 0.29) is 14.6 Å². The van der Waals surface area contributed by atoms with Crippen LogP contribution in [0.4, 0.5) is 8.78 Å². The molecule has 0 spiro atoms. The van der Waals surface area contributed by atoms with E-state index in [4.69, 9.17) is 11.6 Å². The number of carbonyl (C=O) groups excluding carboxylic acids is 1. The second kappa shape index (κ2) is 4.63. The molecular formula is C7H2Br2ClF2NO.